The van der Waals surface area contributed by atoms with Crippen molar-refractivity contribution in [2.24, 2.45) is 0 Å². The second-order valence-corrected chi connectivity index (χ2v) is 5.10. The van der Waals surface area contributed by atoms with Crippen LogP contribution in [0.15, 0.2) is 61.3 Å². The normalized spacial score (nSPS) is 12.2. The number of hydrogen-bond acceptors (Lipinski definition) is 1. The summed E-state index contributed by atoms with van der Waals surface area (Å²) in [4.78, 5) is 10.3. The molecule has 2 heteroatoms. The van der Waals surface area contributed by atoms with Gasteiger partial charge in [0.1, 0.15) is 0 Å². The molecule has 2 nitrogen and oxygen atoms in total. The molecule has 22 heavy (non-hydrogen) atoms. The van der Waals surface area contributed by atoms with Gasteiger partial charge < -0.3 is 5.11 Å². The van der Waals surface area contributed by atoms with Gasteiger partial charge in [-0.05, 0) is 51.4 Å². The average molecular weight is 302 g/mol. The van der Waals surface area contributed by atoms with Crippen LogP contribution in [0.4, 0.5) is 0 Å². The number of carboxylic acids is 1. The molecule has 0 atom stereocenters. The smallest absolute Gasteiger partial charge is 0.303 e. The number of allylic oxidation sites excluding steroid dienone is 9. The quantitative estimate of drug-likeness (QED) is 0.316. The molecule has 0 aromatic carbocycles. The minimum atomic E-state index is -0.716. The van der Waals surface area contributed by atoms with Crippen LogP contribution >= 0.6 is 0 Å². The first kappa shape index (κ1) is 20.2. The van der Waals surface area contributed by atoms with Gasteiger partial charge in [-0.3, -0.25) is 4.79 Å². The number of carboxylic acid groups (broad SMARTS) is 1. The fraction of sp³-hybridized carbons (Fsp3) is 0.450. The van der Waals surface area contributed by atoms with Crippen LogP contribution in [0.5, 0.6) is 0 Å². The third-order valence-electron chi connectivity index (χ3n) is 3.02. The lowest BCUT2D eigenvalue weighted by atomic mass is 10.2. The maximum Gasteiger partial charge on any atom is 0.303 e. The van der Waals surface area contributed by atoms with Crippen molar-refractivity contribution in [3.63, 3.8) is 0 Å². The molecule has 0 aromatic rings. The molecule has 0 saturated heterocycles. The summed E-state index contributed by atoms with van der Waals surface area (Å²) in [5.74, 6) is -0.716. The Morgan fingerprint density at radius 3 is 1.64 bits per heavy atom. The summed E-state index contributed by atoms with van der Waals surface area (Å²) in [6.07, 6.45) is 27.4. The summed E-state index contributed by atoms with van der Waals surface area (Å²) < 4.78 is 0. The van der Waals surface area contributed by atoms with Crippen LogP contribution in [0.1, 0.15) is 57.8 Å². The van der Waals surface area contributed by atoms with Crippen molar-refractivity contribution in [3.8, 4) is 0 Å². The number of carbonyl (C=O) groups is 1. The zero-order valence-electron chi connectivity index (χ0n) is 13.6. The van der Waals surface area contributed by atoms with Gasteiger partial charge in [0.25, 0.3) is 0 Å². The number of hydrogen-bond donors (Lipinski definition) is 1. The fourth-order valence-corrected chi connectivity index (χ4v) is 1.80. The molecule has 0 bridgehead atoms. The number of aliphatic carboxylic acids is 1. The van der Waals surface area contributed by atoms with Gasteiger partial charge in [0.2, 0.25) is 0 Å². The Morgan fingerprint density at radius 1 is 0.727 bits per heavy atom. The zero-order chi connectivity index (χ0) is 16.3. The van der Waals surface area contributed by atoms with Crippen molar-refractivity contribution in [3.05, 3.63) is 61.3 Å². The van der Waals surface area contributed by atoms with E-state index in [2.05, 4.69) is 55.2 Å². The van der Waals surface area contributed by atoms with Crippen molar-refractivity contribution in [1.82, 2.24) is 0 Å². The van der Waals surface area contributed by atoms with E-state index in [0.29, 0.717) is 0 Å². The van der Waals surface area contributed by atoms with Gasteiger partial charge in [-0.2, -0.15) is 0 Å². The molecule has 0 fully saturated rings. The van der Waals surface area contributed by atoms with Gasteiger partial charge in [0.05, 0.1) is 0 Å². The van der Waals surface area contributed by atoms with Crippen molar-refractivity contribution < 1.29 is 9.90 Å². The Morgan fingerprint density at radius 2 is 1.18 bits per heavy atom. The standard InChI is InChI=1S/C20H30O2/c1-2-3-4-5-6-7-8-9-10-11-12-13-14-15-16-17-18-19-20(21)22/h2,6-7,9-10,12-13,15-16H,1,3-5,8,11,14,17-19H2,(H,21,22)/b7-6?,10-9?,13-12?,16-15-. The first-order valence-corrected chi connectivity index (χ1v) is 8.20. The highest BCUT2D eigenvalue weighted by atomic mass is 16.4. The summed E-state index contributed by atoms with van der Waals surface area (Å²) in [6, 6.07) is 0. The highest BCUT2D eigenvalue weighted by Gasteiger charge is 1.92. The van der Waals surface area contributed by atoms with E-state index in [0.717, 1.165) is 44.9 Å². The number of unbranched alkanes of at least 4 members (excludes halogenated alkanes) is 3. The van der Waals surface area contributed by atoms with Gasteiger partial charge >= 0.3 is 5.97 Å². The average Bonchev–Trinajstić information content (AvgIpc) is 2.50. The van der Waals surface area contributed by atoms with Gasteiger partial charge in [-0.1, -0.05) is 54.7 Å². The predicted molar refractivity (Wildman–Crippen MR) is 95.9 cm³/mol. The van der Waals surface area contributed by atoms with E-state index in [1.165, 1.54) is 6.42 Å². The van der Waals surface area contributed by atoms with Gasteiger partial charge in [-0.25, -0.2) is 0 Å². The molecular weight excluding hydrogens is 272 g/mol. The highest BCUT2D eigenvalue weighted by molar-refractivity contribution is 5.66. The molecule has 0 aliphatic carbocycles. The van der Waals surface area contributed by atoms with Crippen LogP contribution in [-0.2, 0) is 4.79 Å². The molecule has 0 aliphatic heterocycles. The molecule has 0 amide bonds. The summed E-state index contributed by atoms with van der Waals surface area (Å²) in [6.45, 7) is 3.71. The summed E-state index contributed by atoms with van der Waals surface area (Å²) in [7, 11) is 0. The van der Waals surface area contributed by atoms with Crippen LogP contribution in [-0.4, -0.2) is 11.1 Å². The van der Waals surface area contributed by atoms with Crippen LogP contribution < -0.4 is 0 Å². The van der Waals surface area contributed by atoms with Crippen LogP contribution in [0.3, 0.4) is 0 Å². The van der Waals surface area contributed by atoms with Gasteiger partial charge in [0, 0.05) is 6.42 Å². The van der Waals surface area contributed by atoms with Crippen molar-refractivity contribution >= 4 is 5.97 Å². The monoisotopic (exact) mass is 302 g/mol. The molecule has 1 N–H and O–H groups in total. The molecule has 0 saturated carbocycles. The zero-order valence-corrected chi connectivity index (χ0v) is 13.6. The summed E-state index contributed by atoms with van der Waals surface area (Å²) in [5, 5.41) is 8.49. The van der Waals surface area contributed by atoms with E-state index < -0.39 is 5.97 Å². The first-order valence-electron chi connectivity index (χ1n) is 8.20. The minimum absolute atomic E-state index is 0.258. The Labute approximate surface area is 135 Å². The largest absolute Gasteiger partial charge is 0.481 e. The second-order valence-electron chi connectivity index (χ2n) is 5.10. The lowest BCUT2D eigenvalue weighted by Gasteiger charge is -1.90. The molecule has 0 aromatic heterocycles. The topological polar surface area (TPSA) is 37.3 Å². The molecule has 0 rings (SSSR count). The van der Waals surface area contributed by atoms with E-state index in [9.17, 15) is 4.79 Å². The molecule has 0 radical (unpaired) electrons. The van der Waals surface area contributed by atoms with E-state index in [1.807, 2.05) is 6.08 Å². The van der Waals surface area contributed by atoms with E-state index in [1.54, 1.807) is 0 Å². The van der Waals surface area contributed by atoms with Crippen LogP contribution in [0.2, 0.25) is 0 Å². The van der Waals surface area contributed by atoms with Crippen LogP contribution in [0, 0.1) is 0 Å². The first-order chi connectivity index (χ1) is 10.8. The summed E-state index contributed by atoms with van der Waals surface area (Å²) >= 11 is 0. The third kappa shape index (κ3) is 18.2. The van der Waals surface area contributed by atoms with Gasteiger partial charge in [-0.15, -0.1) is 6.58 Å². The lowest BCUT2D eigenvalue weighted by Crippen LogP contribution is -1.92. The minimum Gasteiger partial charge on any atom is -0.481 e. The molecule has 0 unspecified atom stereocenters. The molecular formula is C20H30O2. The molecule has 0 aliphatic rings. The number of rotatable bonds is 14. The maximum absolute atomic E-state index is 10.3. The maximum atomic E-state index is 10.3. The third-order valence-corrected chi connectivity index (χ3v) is 3.02. The molecule has 122 valence electrons. The predicted octanol–water partition coefficient (Wildman–Crippen LogP) is 5.99. The molecule has 0 heterocycles. The van der Waals surface area contributed by atoms with Gasteiger partial charge in [0.15, 0.2) is 0 Å². The summed E-state index contributed by atoms with van der Waals surface area (Å²) in [5.41, 5.74) is 0. The Balaban J connectivity index is 3.42. The van der Waals surface area contributed by atoms with E-state index >= 15 is 0 Å². The lowest BCUT2D eigenvalue weighted by molar-refractivity contribution is -0.137. The Kier molecular flexibility index (Phi) is 15.8. The fourth-order valence-electron chi connectivity index (χ4n) is 1.80. The Hall–Kier alpha value is -1.83. The SMILES string of the molecule is C=CCCCC=CCC=CCC=CC/C=C\CCCC(=O)O. The van der Waals surface area contributed by atoms with E-state index in [-0.39, 0.29) is 6.42 Å². The second kappa shape index (κ2) is 17.2. The van der Waals surface area contributed by atoms with E-state index in [4.69, 9.17) is 5.11 Å². The van der Waals surface area contributed by atoms with Crippen molar-refractivity contribution in [1.29, 1.82) is 0 Å². The Bertz CT molecular complexity index is 387. The van der Waals surface area contributed by atoms with Crippen molar-refractivity contribution in [2.45, 2.75) is 57.8 Å². The molecule has 0 spiro atoms. The van der Waals surface area contributed by atoms with Crippen molar-refractivity contribution in [2.75, 3.05) is 0 Å². The highest BCUT2D eigenvalue weighted by Crippen LogP contribution is 2.00. The van der Waals surface area contributed by atoms with Crippen LogP contribution in [0.25, 0.3) is 0 Å².